The summed E-state index contributed by atoms with van der Waals surface area (Å²) in [6.07, 6.45) is 0. The van der Waals surface area contributed by atoms with Gasteiger partial charge < -0.3 is 19.5 Å². The largest absolute Gasteiger partial charge is 0.507 e. The van der Waals surface area contributed by atoms with Crippen LogP contribution in [0.25, 0.3) is 5.76 Å². The average Bonchev–Trinajstić information content (AvgIpc) is 3.15. The van der Waals surface area contributed by atoms with Crippen LogP contribution in [-0.2, 0) is 9.59 Å². The number of rotatable bonds is 4. The van der Waals surface area contributed by atoms with Gasteiger partial charge in [-0.2, -0.15) is 0 Å². The summed E-state index contributed by atoms with van der Waals surface area (Å²) in [7, 11) is 3.88. The van der Waals surface area contributed by atoms with Crippen LogP contribution in [0, 0.1) is 13.8 Å². The van der Waals surface area contributed by atoms with Crippen molar-refractivity contribution in [3.63, 3.8) is 0 Å². The fourth-order valence-electron chi connectivity index (χ4n) is 4.60. The quantitative estimate of drug-likeness (QED) is 0.327. The van der Waals surface area contributed by atoms with Crippen LogP contribution in [0.4, 0.5) is 11.4 Å². The minimum atomic E-state index is -0.814. The lowest BCUT2D eigenvalue weighted by Gasteiger charge is -2.27. The number of aliphatic hydroxyl groups excluding tert-OH is 1. The Bertz CT molecular complexity index is 1390. The number of aryl methyl sites for hydroxylation is 2. The van der Waals surface area contributed by atoms with Crippen molar-refractivity contribution in [1.82, 2.24) is 0 Å². The molecule has 36 heavy (non-hydrogen) atoms. The number of carbonyl (C=O) groups is 2. The summed E-state index contributed by atoms with van der Waals surface area (Å²) in [6.45, 7) is 4.77. The van der Waals surface area contributed by atoms with E-state index >= 15 is 0 Å². The first-order valence-electron chi connectivity index (χ1n) is 11.8. The van der Waals surface area contributed by atoms with E-state index in [0.29, 0.717) is 41.5 Å². The standard InChI is InChI=1S/C29H28N2O5/c1-17-5-6-20(15-18(17)2)27(32)25-26(19-7-9-21(10-8-19)30(3)4)31(29(34)28(25)33)22-11-12-23-24(16-22)36-14-13-35-23/h5-12,15-16,26,32H,13-14H2,1-4H3/b27-25+. The Kier molecular flexibility index (Phi) is 5.92. The van der Waals surface area contributed by atoms with E-state index in [9.17, 15) is 14.7 Å². The van der Waals surface area contributed by atoms with Crippen molar-refractivity contribution in [3.8, 4) is 11.5 Å². The molecular weight excluding hydrogens is 456 g/mol. The van der Waals surface area contributed by atoms with Gasteiger partial charge in [-0.05, 0) is 60.9 Å². The predicted molar refractivity (Wildman–Crippen MR) is 139 cm³/mol. The van der Waals surface area contributed by atoms with Gasteiger partial charge in [0.25, 0.3) is 11.7 Å². The maximum Gasteiger partial charge on any atom is 0.300 e. The van der Waals surface area contributed by atoms with E-state index in [0.717, 1.165) is 16.8 Å². The molecule has 7 nitrogen and oxygen atoms in total. The van der Waals surface area contributed by atoms with Gasteiger partial charge in [-0.25, -0.2) is 0 Å². The van der Waals surface area contributed by atoms with Crippen molar-refractivity contribution in [2.24, 2.45) is 0 Å². The molecule has 184 valence electrons. The van der Waals surface area contributed by atoms with Gasteiger partial charge in [0.15, 0.2) is 11.5 Å². The van der Waals surface area contributed by atoms with E-state index in [-0.39, 0.29) is 11.3 Å². The van der Waals surface area contributed by atoms with E-state index in [1.807, 2.05) is 69.2 Å². The summed E-state index contributed by atoms with van der Waals surface area (Å²) in [5, 5.41) is 11.4. The number of aliphatic hydroxyl groups is 1. The Morgan fingerprint density at radius 1 is 0.889 bits per heavy atom. The Labute approximate surface area is 210 Å². The van der Waals surface area contributed by atoms with Crippen molar-refractivity contribution in [2.75, 3.05) is 37.1 Å². The Hall–Kier alpha value is -4.26. The smallest absolute Gasteiger partial charge is 0.300 e. The van der Waals surface area contributed by atoms with Gasteiger partial charge in [-0.15, -0.1) is 0 Å². The molecule has 2 heterocycles. The van der Waals surface area contributed by atoms with Gasteiger partial charge in [0, 0.05) is 37.1 Å². The summed E-state index contributed by atoms with van der Waals surface area (Å²) in [5.74, 6) is -0.542. The van der Waals surface area contributed by atoms with Gasteiger partial charge in [0.05, 0.1) is 11.6 Å². The predicted octanol–water partition coefficient (Wildman–Crippen LogP) is 4.77. The molecular formula is C29H28N2O5. The summed E-state index contributed by atoms with van der Waals surface area (Å²) < 4.78 is 11.3. The number of fused-ring (bicyclic) bond motifs is 1. The number of amides is 1. The lowest BCUT2D eigenvalue weighted by atomic mass is 9.94. The summed E-state index contributed by atoms with van der Waals surface area (Å²) >= 11 is 0. The van der Waals surface area contributed by atoms with Gasteiger partial charge in [0.2, 0.25) is 0 Å². The maximum atomic E-state index is 13.5. The van der Waals surface area contributed by atoms with Crippen LogP contribution in [0.2, 0.25) is 0 Å². The molecule has 1 fully saturated rings. The fourth-order valence-corrected chi connectivity index (χ4v) is 4.60. The molecule has 1 saturated heterocycles. The Balaban J connectivity index is 1.69. The van der Waals surface area contributed by atoms with E-state index in [1.54, 1.807) is 24.3 Å². The number of carbonyl (C=O) groups excluding carboxylic acids is 2. The molecule has 5 rings (SSSR count). The highest BCUT2D eigenvalue weighted by atomic mass is 16.6. The third-order valence-corrected chi connectivity index (χ3v) is 6.75. The number of ketones is 1. The first-order valence-corrected chi connectivity index (χ1v) is 11.8. The molecule has 1 amide bonds. The summed E-state index contributed by atoms with van der Waals surface area (Å²) in [5.41, 5.74) is 4.77. The topological polar surface area (TPSA) is 79.3 Å². The molecule has 0 spiro atoms. The van der Waals surface area contributed by atoms with E-state index in [1.165, 1.54) is 4.90 Å². The van der Waals surface area contributed by atoms with Crippen molar-refractivity contribution in [3.05, 3.63) is 88.5 Å². The SMILES string of the molecule is Cc1ccc(/C(O)=C2\C(=O)C(=O)N(c3ccc4c(c3)OCCO4)C2c2ccc(N(C)C)cc2)cc1C. The molecule has 2 aliphatic rings. The van der Waals surface area contributed by atoms with Gasteiger partial charge in [0.1, 0.15) is 19.0 Å². The molecule has 0 radical (unpaired) electrons. The highest BCUT2D eigenvalue weighted by molar-refractivity contribution is 6.51. The third-order valence-electron chi connectivity index (χ3n) is 6.75. The van der Waals surface area contributed by atoms with Crippen LogP contribution in [0.5, 0.6) is 11.5 Å². The monoisotopic (exact) mass is 484 g/mol. The van der Waals surface area contributed by atoms with Crippen LogP contribution >= 0.6 is 0 Å². The molecule has 3 aromatic carbocycles. The molecule has 0 bridgehead atoms. The van der Waals surface area contributed by atoms with Crippen molar-refractivity contribution in [2.45, 2.75) is 19.9 Å². The number of hydrogen-bond acceptors (Lipinski definition) is 6. The van der Waals surface area contributed by atoms with Gasteiger partial charge in [-0.1, -0.05) is 24.3 Å². The van der Waals surface area contributed by atoms with Crippen LogP contribution in [0.15, 0.2) is 66.2 Å². The number of benzene rings is 3. The lowest BCUT2D eigenvalue weighted by molar-refractivity contribution is -0.132. The maximum absolute atomic E-state index is 13.5. The molecule has 1 atom stereocenters. The van der Waals surface area contributed by atoms with Crippen LogP contribution in [0.1, 0.15) is 28.3 Å². The minimum absolute atomic E-state index is 0.0516. The third kappa shape index (κ3) is 3.96. The summed E-state index contributed by atoms with van der Waals surface area (Å²) in [4.78, 5) is 30.3. The fraction of sp³-hybridized carbons (Fsp3) is 0.241. The van der Waals surface area contributed by atoms with Crippen molar-refractivity contribution in [1.29, 1.82) is 0 Å². The average molecular weight is 485 g/mol. The Morgan fingerprint density at radius 3 is 2.25 bits per heavy atom. The van der Waals surface area contributed by atoms with Crippen LogP contribution < -0.4 is 19.3 Å². The number of ether oxygens (including phenoxy) is 2. The number of nitrogens with zero attached hydrogens (tertiary/aromatic N) is 2. The zero-order valence-electron chi connectivity index (χ0n) is 20.7. The number of hydrogen-bond donors (Lipinski definition) is 1. The number of anilines is 2. The summed E-state index contributed by atoms with van der Waals surface area (Å²) in [6, 6.07) is 17.5. The zero-order valence-corrected chi connectivity index (χ0v) is 20.7. The minimum Gasteiger partial charge on any atom is -0.507 e. The first-order chi connectivity index (χ1) is 17.3. The zero-order chi connectivity index (χ0) is 25.6. The molecule has 0 aliphatic carbocycles. The van der Waals surface area contributed by atoms with E-state index < -0.39 is 17.7 Å². The number of Topliss-reactive ketones (excluding diaryl/α,β-unsaturated/α-hetero) is 1. The second kappa shape index (κ2) is 9.07. The molecule has 0 saturated carbocycles. The second-order valence-corrected chi connectivity index (χ2v) is 9.28. The van der Waals surface area contributed by atoms with E-state index in [2.05, 4.69) is 0 Å². The van der Waals surface area contributed by atoms with Crippen LogP contribution in [-0.4, -0.2) is 44.1 Å². The molecule has 1 unspecified atom stereocenters. The van der Waals surface area contributed by atoms with Crippen molar-refractivity contribution >= 4 is 28.8 Å². The molecule has 1 N–H and O–H groups in total. The van der Waals surface area contributed by atoms with Crippen LogP contribution in [0.3, 0.4) is 0 Å². The molecule has 7 heteroatoms. The lowest BCUT2D eigenvalue weighted by Crippen LogP contribution is -2.29. The normalized spacial score (nSPS) is 18.4. The molecule has 2 aliphatic heterocycles. The first kappa shape index (κ1) is 23.5. The highest BCUT2D eigenvalue weighted by Crippen LogP contribution is 2.44. The Morgan fingerprint density at radius 2 is 1.58 bits per heavy atom. The van der Waals surface area contributed by atoms with E-state index in [4.69, 9.17) is 9.47 Å². The van der Waals surface area contributed by atoms with Gasteiger partial charge >= 0.3 is 0 Å². The highest BCUT2D eigenvalue weighted by Gasteiger charge is 2.47. The van der Waals surface area contributed by atoms with Crippen molar-refractivity contribution < 1.29 is 24.2 Å². The van der Waals surface area contributed by atoms with Gasteiger partial charge in [-0.3, -0.25) is 14.5 Å². The second-order valence-electron chi connectivity index (χ2n) is 9.28. The molecule has 0 aromatic heterocycles. The molecule has 3 aromatic rings.